The molecular weight excluding hydrogens is 467 g/mol. The van der Waals surface area contributed by atoms with E-state index >= 15 is 4.39 Å². The summed E-state index contributed by atoms with van der Waals surface area (Å²) in [6.45, 7) is 7.70. The van der Waals surface area contributed by atoms with Crippen molar-refractivity contribution in [3.8, 4) is 0 Å². The topological polar surface area (TPSA) is 104 Å². The van der Waals surface area contributed by atoms with Crippen molar-refractivity contribution in [3.63, 3.8) is 0 Å². The standard InChI is InChI=1S/C28H33FO7/c1-6-23(33)35-15-22(32)28(36-24(34)7-2)16(3)12-20-19-9-8-17-13-18(30)10-11-25(17,4)27(19,29)21(31)14-26(20,28)5/h8-11,13,16,19-20H,6-7,12,14-15H2,1-5H3/t16-,19-,20-,25-,26-,27-,28+/m0/s1. The first-order chi connectivity index (χ1) is 16.8. The molecule has 4 aliphatic carbocycles. The zero-order valence-electron chi connectivity index (χ0n) is 21.4. The highest BCUT2D eigenvalue weighted by molar-refractivity contribution is 6.03. The van der Waals surface area contributed by atoms with Gasteiger partial charge in [-0.25, -0.2) is 4.39 Å². The summed E-state index contributed by atoms with van der Waals surface area (Å²) in [5, 5.41) is 0. The van der Waals surface area contributed by atoms with Gasteiger partial charge in [0.25, 0.3) is 0 Å². The zero-order chi connectivity index (χ0) is 26.7. The molecule has 36 heavy (non-hydrogen) atoms. The predicted molar refractivity (Wildman–Crippen MR) is 127 cm³/mol. The van der Waals surface area contributed by atoms with Crippen LogP contribution in [0.15, 0.2) is 36.0 Å². The number of ether oxygens (including phenoxy) is 2. The number of Topliss-reactive ketones (excluding diaryl/α,β-unsaturated/α-hetero) is 2. The normalized spacial score (nSPS) is 40.6. The molecule has 0 aromatic rings. The van der Waals surface area contributed by atoms with Gasteiger partial charge in [0, 0.05) is 36.5 Å². The van der Waals surface area contributed by atoms with Crippen LogP contribution in [0.5, 0.6) is 0 Å². The van der Waals surface area contributed by atoms with Gasteiger partial charge in [0.15, 0.2) is 29.4 Å². The average Bonchev–Trinajstić information content (AvgIpc) is 3.05. The molecule has 7 atom stereocenters. The fourth-order valence-corrected chi connectivity index (χ4v) is 7.21. The Morgan fingerprint density at radius 1 is 1.08 bits per heavy atom. The van der Waals surface area contributed by atoms with Gasteiger partial charge in [0.1, 0.15) is 0 Å². The van der Waals surface area contributed by atoms with Crippen LogP contribution in [0.25, 0.3) is 0 Å². The second kappa shape index (κ2) is 8.60. The van der Waals surface area contributed by atoms with Gasteiger partial charge in [-0.05, 0) is 37.0 Å². The molecule has 7 nitrogen and oxygen atoms in total. The molecule has 0 aromatic carbocycles. The molecule has 0 unspecified atom stereocenters. The van der Waals surface area contributed by atoms with Crippen molar-refractivity contribution in [2.24, 2.45) is 28.6 Å². The lowest BCUT2D eigenvalue weighted by Gasteiger charge is -2.58. The first-order valence-corrected chi connectivity index (χ1v) is 12.6. The molecule has 0 bridgehead atoms. The Balaban J connectivity index is 1.84. The van der Waals surface area contributed by atoms with Crippen LogP contribution in [0.3, 0.4) is 0 Å². The van der Waals surface area contributed by atoms with Crippen LogP contribution in [0.1, 0.15) is 60.3 Å². The van der Waals surface area contributed by atoms with E-state index in [1.54, 1.807) is 46.8 Å². The van der Waals surface area contributed by atoms with Crippen LogP contribution in [0, 0.1) is 28.6 Å². The van der Waals surface area contributed by atoms with E-state index < -0.39 is 70.0 Å². The van der Waals surface area contributed by atoms with Crippen LogP contribution in [0.4, 0.5) is 4.39 Å². The summed E-state index contributed by atoms with van der Waals surface area (Å²) in [7, 11) is 0. The third-order valence-electron chi connectivity index (χ3n) is 9.14. The maximum absolute atomic E-state index is 17.2. The highest BCUT2D eigenvalue weighted by Gasteiger charge is 2.77. The van der Waals surface area contributed by atoms with E-state index in [1.807, 2.05) is 0 Å². The first kappa shape index (κ1) is 26.2. The van der Waals surface area contributed by atoms with Gasteiger partial charge in [-0.2, -0.15) is 0 Å². The number of carbonyl (C=O) groups excluding carboxylic acids is 5. The lowest BCUT2D eigenvalue weighted by molar-refractivity contribution is -0.200. The molecular formula is C28H33FO7. The molecule has 2 saturated carbocycles. The second-order valence-corrected chi connectivity index (χ2v) is 10.9. The zero-order valence-corrected chi connectivity index (χ0v) is 21.4. The lowest BCUT2D eigenvalue weighted by atomic mass is 9.46. The van der Waals surface area contributed by atoms with Crippen molar-refractivity contribution in [1.82, 2.24) is 0 Å². The maximum Gasteiger partial charge on any atom is 0.306 e. The Kier molecular flexibility index (Phi) is 6.25. The third kappa shape index (κ3) is 3.25. The van der Waals surface area contributed by atoms with Gasteiger partial charge in [-0.3, -0.25) is 24.0 Å². The van der Waals surface area contributed by atoms with Crippen LogP contribution in [0.2, 0.25) is 0 Å². The number of alkyl halides is 1. The molecule has 0 amide bonds. The monoisotopic (exact) mass is 500 g/mol. The van der Waals surface area contributed by atoms with Crippen molar-refractivity contribution in [2.75, 3.05) is 6.61 Å². The highest BCUT2D eigenvalue weighted by Crippen LogP contribution is 2.69. The van der Waals surface area contributed by atoms with Crippen molar-refractivity contribution in [2.45, 2.75) is 71.6 Å². The van der Waals surface area contributed by atoms with Gasteiger partial charge in [-0.15, -0.1) is 0 Å². The summed E-state index contributed by atoms with van der Waals surface area (Å²) in [6.07, 6.45) is 7.51. The molecule has 4 aliphatic rings. The van der Waals surface area contributed by atoms with Crippen LogP contribution in [-0.4, -0.2) is 47.2 Å². The quantitative estimate of drug-likeness (QED) is 0.511. The smallest absolute Gasteiger partial charge is 0.306 e. The Hall–Kier alpha value is -2.90. The van der Waals surface area contributed by atoms with E-state index in [0.717, 1.165) is 0 Å². The fourth-order valence-electron chi connectivity index (χ4n) is 7.21. The number of hydrogen-bond donors (Lipinski definition) is 0. The molecule has 2 fully saturated rings. The van der Waals surface area contributed by atoms with Crippen molar-refractivity contribution < 1.29 is 37.8 Å². The van der Waals surface area contributed by atoms with Gasteiger partial charge >= 0.3 is 11.9 Å². The van der Waals surface area contributed by atoms with Crippen molar-refractivity contribution in [1.29, 1.82) is 0 Å². The minimum absolute atomic E-state index is 0.00657. The van der Waals surface area contributed by atoms with E-state index in [4.69, 9.17) is 9.47 Å². The molecule has 8 heteroatoms. The van der Waals surface area contributed by atoms with Gasteiger partial charge in [0.05, 0.1) is 5.41 Å². The molecule has 194 valence electrons. The molecule has 0 saturated heterocycles. The Morgan fingerprint density at radius 3 is 2.39 bits per heavy atom. The lowest BCUT2D eigenvalue weighted by Crippen LogP contribution is -2.68. The number of halogens is 1. The number of allylic oxidation sites excluding steroid dienone is 6. The van der Waals surface area contributed by atoms with E-state index in [1.165, 1.54) is 18.2 Å². The Labute approximate surface area is 210 Å². The minimum Gasteiger partial charge on any atom is -0.457 e. The predicted octanol–water partition coefficient (Wildman–Crippen LogP) is 3.80. The van der Waals surface area contributed by atoms with E-state index in [9.17, 15) is 24.0 Å². The number of esters is 2. The maximum atomic E-state index is 17.2. The SMILES string of the molecule is CCC(=O)OCC(=O)[C@]1(OC(=O)CC)[C@@H](C)C[C@H]2[C@@H]3C=CC4=CC(=O)C=C[C@]4(C)[C@@]3(F)C(=O)C[C@@]21C. The highest BCUT2D eigenvalue weighted by atomic mass is 19.1. The third-order valence-corrected chi connectivity index (χ3v) is 9.14. The first-order valence-electron chi connectivity index (χ1n) is 12.6. The molecule has 0 spiro atoms. The number of ketones is 3. The minimum atomic E-state index is -2.34. The van der Waals surface area contributed by atoms with Crippen LogP contribution >= 0.6 is 0 Å². The van der Waals surface area contributed by atoms with E-state index in [0.29, 0.717) is 12.0 Å². The van der Waals surface area contributed by atoms with Gasteiger partial charge in [-0.1, -0.05) is 45.9 Å². The molecule has 0 radical (unpaired) electrons. The summed E-state index contributed by atoms with van der Waals surface area (Å²) in [4.78, 5) is 64.0. The summed E-state index contributed by atoms with van der Waals surface area (Å²) in [5.74, 6) is -4.73. The summed E-state index contributed by atoms with van der Waals surface area (Å²) < 4.78 is 28.3. The van der Waals surface area contributed by atoms with Crippen molar-refractivity contribution >= 4 is 29.3 Å². The molecule has 4 rings (SSSR count). The van der Waals surface area contributed by atoms with E-state index in [-0.39, 0.29) is 25.0 Å². The van der Waals surface area contributed by atoms with Gasteiger partial charge < -0.3 is 9.47 Å². The number of fused-ring (bicyclic) bond motifs is 5. The second-order valence-electron chi connectivity index (χ2n) is 10.9. The molecule has 0 aliphatic heterocycles. The van der Waals surface area contributed by atoms with Crippen LogP contribution in [-0.2, 0) is 33.4 Å². The summed E-state index contributed by atoms with van der Waals surface area (Å²) >= 11 is 0. The summed E-state index contributed by atoms with van der Waals surface area (Å²) in [6, 6.07) is 0. The molecule has 0 aromatic heterocycles. The van der Waals surface area contributed by atoms with E-state index in [2.05, 4.69) is 0 Å². The largest absolute Gasteiger partial charge is 0.457 e. The number of carbonyl (C=O) groups is 5. The van der Waals surface area contributed by atoms with Crippen LogP contribution < -0.4 is 0 Å². The molecule has 0 N–H and O–H groups in total. The Bertz CT molecular complexity index is 1130. The Morgan fingerprint density at radius 2 is 1.75 bits per heavy atom. The fraction of sp³-hybridized carbons (Fsp3) is 0.607. The average molecular weight is 501 g/mol. The van der Waals surface area contributed by atoms with Crippen molar-refractivity contribution in [3.05, 3.63) is 36.0 Å². The van der Waals surface area contributed by atoms with Gasteiger partial charge in [0.2, 0.25) is 5.78 Å². The number of hydrogen-bond acceptors (Lipinski definition) is 7. The summed E-state index contributed by atoms with van der Waals surface area (Å²) in [5.41, 5.74) is -6.21. The number of rotatable bonds is 6. The molecule has 0 heterocycles.